The van der Waals surface area contributed by atoms with Crippen LogP contribution in [-0.4, -0.2) is 47.7 Å². The Labute approximate surface area is 148 Å². The summed E-state index contributed by atoms with van der Waals surface area (Å²) in [6, 6.07) is 9.65. The molecule has 1 aliphatic heterocycles. The first-order chi connectivity index (χ1) is 11.9. The normalized spacial score (nSPS) is 18.2. The molecular formula is C19H26N4O2. The van der Waals surface area contributed by atoms with Crippen LogP contribution in [0.4, 0.5) is 0 Å². The molecule has 1 aliphatic rings. The number of methoxy groups -OCH3 is 1. The highest BCUT2D eigenvalue weighted by atomic mass is 16.5. The zero-order valence-corrected chi connectivity index (χ0v) is 15.3. The predicted molar refractivity (Wildman–Crippen MR) is 96.9 cm³/mol. The Bertz CT molecular complexity index is 748. The van der Waals surface area contributed by atoms with Gasteiger partial charge in [0.05, 0.1) is 13.2 Å². The van der Waals surface area contributed by atoms with Crippen molar-refractivity contribution in [2.75, 3.05) is 26.7 Å². The van der Waals surface area contributed by atoms with Crippen molar-refractivity contribution >= 4 is 5.91 Å². The number of amides is 1. The van der Waals surface area contributed by atoms with Gasteiger partial charge in [0.1, 0.15) is 11.4 Å². The van der Waals surface area contributed by atoms with Crippen molar-refractivity contribution in [3.05, 3.63) is 47.3 Å². The number of carbonyl (C=O) groups is 1. The summed E-state index contributed by atoms with van der Waals surface area (Å²) in [6.45, 7) is 8.39. The summed E-state index contributed by atoms with van der Waals surface area (Å²) < 4.78 is 5.49. The second kappa shape index (κ2) is 6.88. The molecule has 3 rings (SSSR count). The first kappa shape index (κ1) is 17.5. The van der Waals surface area contributed by atoms with Crippen molar-refractivity contribution in [3.63, 3.8) is 0 Å². The number of rotatable bonds is 3. The molecule has 1 aromatic carbocycles. The molecule has 0 bridgehead atoms. The fourth-order valence-electron chi connectivity index (χ4n) is 3.13. The number of benzene rings is 1. The second-order valence-electron chi connectivity index (χ2n) is 7.38. The van der Waals surface area contributed by atoms with E-state index in [9.17, 15) is 4.79 Å². The lowest BCUT2D eigenvalue weighted by Gasteiger charge is -2.36. The third-order valence-electron chi connectivity index (χ3n) is 4.61. The molecular weight excluding hydrogens is 316 g/mol. The number of hydrogen-bond acceptors (Lipinski definition) is 4. The molecule has 0 saturated carbocycles. The van der Waals surface area contributed by atoms with Crippen LogP contribution < -0.4 is 10.1 Å². The molecule has 2 aromatic rings. The maximum absolute atomic E-state index is 13.1. The molecule has 1 fully saturated rings. The Balaban J connectivity index is 1.90. The summed E-state index contributed by atoms with van der Waals surface area (Å²) in [5.41, 5.74) is 2.36. The molecule has 25 heavy (non-hydrogen) atoms. The largest absolute Gasteiger partial charge is 0.496 e. The molecule has 134 valence electrons. The van der Waals surface area contributed by atoms with Gasteiger partial charge in [0.25, 0.3) is 5.91 Å². The summed E-state index contributed by atoms with van der Waals surface area (Å²) in [4.78, 5) is 15.0. The number of nitrogens with zero attached hydrogens (tertiary/aromatic N) is 2. The Hall–Kier alpha value is -2.34. The van der Waals surface area contributed by atoms with Crippen LogP contribution in [0.5, 0.6) is 5.75 Å². The van der Waals surface area contributed by atoms with Gasteiger partial charge in [-0.3, -0.25) is 9.89 Å². The SMILES string of the molecule is COc1ccccc1C1CNCCN1C(=O)c1cc(C(C)(C)C)[nH]n1. The van der Waals surface area contributed by atoms with Crippen LogP contribution in [0.1, 0.15) is 48.6 Å². The van der Waals surface area contributed by atoms with Crippen LogP contribution in [0.15, 0.2) is 30.3 Å². The molecule has 1 atom stereocenters. The summed E-state index contributed by atoms with van der Waals surface area (Å²) in [5, 5.41) is 10.6. The van der Waals surface area contributed by atoms with Crippen LogP contribution in [0.25, 0.3) is 0 Å². The number of para-hydroxylation sites is 1. The van der Waals surface area contributed by atoms with Crippen LogP contribution in [-0.2, 0) is 5.41 Å². The minimum atomic E-state index is -0.0767. The molecule has 6 nitrogen and oxygen atoms in total. The molecule has 0 aliphatic carbocycles. The first-order valence-corrected chi connectivity index (χ1v) is 8.62. The van der Waals surface area contributed by atoms with E-state index in [-0.39, 0.29) is 17.4 Å². The Morgan fingerprint density at radius 3 is 2.76 bits per heavy atom. The van der Waals surface area contributed by atoms with Gasteiger partial charge in [0.15, 0.2) is 0 Å². The second-order valence-corrected chi connectivity index (χ2v) is 7.38. The number of nitrogens with one attached hydrogen (secondary N) is 2. The minimum Gasteiger partial charge on any atom is -0.496 e. The molecule has 2 N–H and O–H groups in total. The number of ether oxygens (including phenoxy) is 1. The third kappa shape index (κ3) is 3.54. The molecule has 0 radical (unpaired) electrons. The van der Waals surface area contributed by atoms with Gasteiger partial charge in [-0.15, -0.1) is 0 Å². The molecule has 2 heterocycles. The van der Waals surface area contributed by atoms with Gasteiger partial charge in [-0.05, 0) is 12.1 Å². The van der Waals surface area contributed by atoms with Gasteiger partial charge >= 0.3 is 0 Å². The number of piperazine rings is 1. The summed E-state index contributed by atoms with van der Waals surface area (Å²) in [7, 11) is 1.66. The highest BCUT2D eigenvalue weighted by molar-refractivity contribution is 5.93. The molecule has 1 amide bonds. The van der Waals surface area contributed by atoms with E-state index in [1.54, 1.807) is 7.11 Å². The van der Waals surface area contributed by atoms with E-state index in [0.29, 0.717) is 18.8 Å². The Kier molecular flexibility index (Phi) is 4.81. The summed E-state index contributed by atoms with van der Waals surface area (Å²) in [5.74, 6) is 0.746. The number of aromatic amines is 1. The average molecular weight is 342 g/mol. The quantitative estimate of drug-likeness (QED) is 0.899. The van der Waals surface area contributed by atoms with Crippen molar-refractivity contribution in [2.24, 2.45) is 0 Å². The standard InChI is InChI=1S/C19H26N4O2/c1-19(2,3)17-11-14(21-22-17)18(24)23-10-9-20-12-15(23)13-7-5-6-8-16(13)25-4/h5-8,11,15,20H,9-10,12H2,1-4H3,(H,21,22). The third-order valence-corrected chi connectivity index (χ3v) is 4.61. The molecule has 0 spiro atoms. The highest BCUT2D eigenvalue weighted by Gasteiger charge is 2.32. The number of H-pyrrole nitrogens is 1. The minimum absolute atomic E-state index is 0.0517. The van der Waals surface area contributed by atoms with Gasteiger partial charge in [-0.2, -0.15) is 5.10 Å². The smallest absolute Gasteiger partial charge is 0.274 e. The Morgan fingerprint density at radius 1 is 1.32 bits per heavy atom. The molecule has 6 heteroatoms. The van der Waals surface area contributed by atoms with Crippen LogP contribution in [0.2, 0.25) is 0 Å². The maximum Gasteiger partial charge on any atom is 0.274 e. The highest BCUT2D eigenvalue weighted by Crippen LogP contribution is 2.31. The number of aromatic nitrogens is 2. The lowest BCUT2D eigenvalue weighted by molar-refractivity contribution is 0.0625. The van der Waals surface area contributed by atoms with E-state index in [1.807, 2.05) is 35.2 Å². The van der Waals surface area contributed by atoms with E-state index < -0.39 is 0 Å². The van der Waals surface area contributed by atoms with Crippen LogP contribution in [0.3, 0.4) is 0 Å². The van der Waals surface area contributed by atoms with E-state index in [4.69, 9.17) is 4.74 Å². The van der Waals surface area contributed by atoms with Crippen molar-refractivity contribution in [2.45, 2.75) is 32.2 Å². The van der Waals surface area contributed by atoms with E-state index in [0.717, 1.165) is 23.6 Å². The van der Waals surface area contributed by atoms with Gasteiger partial charge in [-0.1, -0.05) is 39.0 Å². The van der Waals surface area contributed by atoms with E-state index in [2.05, 4.69) is 36.3 Å². The van der Waals surface area contributed by atoms with Crippen LogP contribution in [0, 0.1) is 0 Å². The first-order valence-electron chi connectivity index (χ1n) is 8.62. The number of carbonyl (C=O) groups excluding carboxylic acids is 1. The van der Waals surface area contributed by atoms with Crippen molar-refractivity contribution in [3.8, 4) is 5.75 Å². The maximum atomic E-state index is 13.1. The van der Waals surface area contributed by atoms with Crippen molar-refractivity contribution < 1.29 is 9.53 Å². The van der Waals surface area contributed by atoms with Gasteiger partial charge < -0.3 is 15.0 Å². The fraction of sp³-hybridized carbons (Fsp3) is 0.474. The van der Waals surface area contributed by atoms with Gasteiger partial charge in [0.2, 0.25) is 0 Å². The molecule has 1 saturated heterocycles. The monoisotopic (exact) mass is 342 g/mol. The molecule has 1 unspecified atom stereocenters. The topological polar surface area (TPSA) is 70.2 Å². The number of hydrogen-bond donors (Lipinski definition) is 2. The molecule has 1 aromatic heterocycles. The van der Waals surface area contributed by atoms with Crippen molar-refractivity contribution in [1.82, 2.24) is 20.4 Å². The fourth-order valence-corrected chi connectivity index (χ4v) is 3.13. The van der Waals surface area contributed by atoms with Crippen molar-refractivity contribution in [1.29, 1.82) is 0 Å². The van der Waals surface area contributed by atoms with Crippen LogP contribution >= 0.6 is 0 Å². The lowest BCUT2D eigenvalue weighted by atomic mass is 9.92. The average Bonchev–Trinajstić information content (AvgIpc) is 3.11. The Morgan fingerprint density at radius 2 is 2.08 bits per heavy atom. The van der Waals surface area contributed by atoms with Gasteiger partial charge in [-0.25, -0.2) is 0 Å². The zero-order chi connectivity index (χ0) is 18.0. The van der Waals surface area contributed by atoms with E-state index in [1.165, 1.54) is 0 Å². The predicted octanol–water partition coefficient (Wildman–Crippen LogP) is 2.50. The zero-order valence-electron chi connectivity index (χ0n) is 15.3. The summed E-state index contributed by atoms with van der Waals surface area (Å²) >= 11 is 0. The van der Waals surface area contributed by atoms with E-state index >= 15 is 0 Å². The van der Waals surface area contributed by atoms with Gasteiger partial charge in [0, 0.05) is 36.3 Å². The lowest BCUT2D eigenvalue weighted by Crippen LogP contribution is -2.48. The summed E-state index contributed by atoms with van der Waals surface area (Å²) in [6.07, 6.45) is 0.